The van der Waals surface area contributed by atoms with Gasteiger partial charge in [0.25, 0.3) is 0 Å². The summed E-state index contributed by atoms with van der Waals surface area (Å²) in [5, 5.41) is 20.8. The van der Waals surface area contributed by atoms with E-state index in [9.17, 15) is 31.5 Å². The van der Waals surface area contributed by atoms with E-state index in [0.717, 1.165) is 18.2 Å². The van der Waals surface area contributed by atoms with Gasteiger partial charge in [0, 0.05) is 16.7 Å². The number of carbonyl (C=O) groups is 1. The molecule has 0 aliphatic carbocycles. The summed E-state index contributed by atoms with van der Waals surface area (Å²) in [6, 6.07) is 3.52. The van der Waals surface area contributed by atoms with E-state index < -0.39 is 55.7 Å². The summed E-state index contributed by atoms with van der Waals surface area (Å²) in [6.45, 7) is 0.902. The minimum atomic E-state index is -5.18. The van der Waals surface area contributed by atoms with Crippen LogP contribution in [-0.2, 0) is 14.6 Å². The second-order valence-electron chi connectivity index (χ2n) is 6.01. The van der Waals surface area contributed by atoms with Crippen molar-refractivity contribution in [2.75, 3.05) is 11.9 Å². The molecular weight excluding hydrogens is 473 g/mol. The van der Waals surface area contributed by atoms with Crippen LogP contribution in [0.25, 0.3) is 0 Å². The van der Waals surface area contributed by atoms with Gasteiger partial charge in [0.1, 0.15) is 26.1 Å². The Bertz CT molecular complexity index is 1040. The first-order valence-electron chi connectivity index (χ1n) is 8.05. The number of aliphatic hydroxyl groups excluding tert-OH is 2. The highest BCUT2D eigenvalue weighted by molar-refractivity contribution is 7.93. The largest absolute Gasteiger partial charge is 0.573 e. The zero-order chi connectivity index (χ0) is 22.9. The molecule has 0 saturated heterocycles. The smallest absolute Gasteiger partial charge is 0.404 e. The first-order chi connectivity index (χ1) is 13.8. The summed E-state index contributed by atoms with van der Waals surface area (Å²) in [7, 11) is -4.59. The summed E-state index contributed by atoms with van der Waals surface area (Å²) >= 11 is 6.12. The molecule has 2 rings (SSSR count). The van der Waals surface area contributed by atoms with Crippen molar-refractivity contribution >= 4 is 43.7 Å². The Morgan fingerprint density at radius 3 is 2.53 bits per heavy atom. The van der Waals surface area contributed by atoms with Crippen LogP contribution in [0, 0.1) is 5.92 Å². The molecule has 2 atom stereocenters. The molecule has 166 valence electrons. The van der Waals surface area contributed by atoms with Gasteiger partial charge in [0.15, 0.2) is 0 Å². The number of sulfone groups is 1. The van der Waals surface area contributed by atoms with Gasteiger partial charge >= 0.3 is 6.36 Å². The fourth-order valence-electron chi connectivity index (χ4n) is 2.17. The van der Waals surface area contributed by atoms with Crippen molar-refractivity contribution in [2.45, 2.75) is 28.6 Å². The third-order valence-corrected chi connectivity index (χ3v) is 7.27. The fourth-order valence-corrected chi connectivity index (χ4v) is 5.23. The van der Waals surface area contributed by atoms with Crippen LogP contribution >= 0.6 is 22.9 Å². The van der Waals surface area contributed by atoms with E-state index in [1.807, 2.05) is 0 Å². The predicted octanol–water partition coefficient (Wildman–Crippen LogP) is 2.65. The molecule has 0 fully saturated rings. The number of carbonyl (C=O) groups excluding carboxylic acids is 1. The molecule has 0 aliphatic rings. The Hall–Kier alpha value is -1.90. The molecule has 1 heterocycles. The van der Waals surface area contributed by atoms with E-state index in [1.165, 1.54) is 6.92 Å². The molecule has 1 aromatic heterocycles. The zero-order valence-electron chi connectivity index (χ0n) is 15.1. The second-order valence-corrected chi connectivity index (χ2v) is 9.64. The Kier molecular flexibility index (Phi) is 7.37. The van der Waals surface area contributed by atoms with Crippen LogP contribution in [0.5, 0.6) is 5.75 Å². The average Bonchev–Trinajstić information content (AvgIpc) is 3.04. The Morgan fingerprint density at radius 2 is 2.00 bits per heavy atom. The predicted molar refractivity (Wildman–Crippen MR) is 102 cm³/mol. The van der Waals surface area contributed by atoms with Gasteiger partial charge in [-0.05, 0) is 18.2 Å². The molecule has 2 unspecified atom stereocenters. The van der Waals surface area contributed by atoms with Gasteiger partial charge in [-0.3, -0.25) is 4.79 Å². The van der Waals surface area contributed by atoms with Gasteiger partial charge in [0.05, 0.1) is 12.5 Å². The highest BCUT2D eigenvalue weighted by Gasteiger charge is 2.35. The van der Waals surface area contributed by atoms with Crippen molar-refractivity contribution in [2.24, 2.45) is 11.7 Å². The lowest BCUT2D eigenvalue weighted by Gasteiger charge is -2.13. The standard InChI is InChI=1S/C16H16ClF3N2O6S2/c1-7(6-23)14(25)22-15-9(13(21)24)5-12(29-15)30(26,27)11-3-2-8(17)4-10(11)28-16(18,19)20/h2-5,7,13,23-24H,6,21H2,1H3,(H,22,25). The van der Waals surface area contributed by atoms with Crippen molar-refractivity contribution < 1.29 is 41.3 Å². The van der Waals surface area contributed by atoms with Crippen LogP contribution in [-0.4, -0.2) is 37.5 Å². The Labute approximate surface area is 177 Å². The maximum absolute atomic E-state index is 13.0. The summed E-state index contributed by atoms with van der Waals surface area (Å²) in [5.41, 5.74) is 5.23. The minimum Gasteiger partial charge on any atom is -0.404 e. The number of amides is 1. The lowest BCUT2D eigenvalue weighted by molar-refractivity contribution is -0.275. The highest BCUT2D eigenvalue weighted by Crippen LogP contribution is 2.41. The van der Waals surface area contributed by atoms with Crippen molar-refractivity contribution in [3.05, 3.63) is 34.9 Å². The minimum absolute atomic E-state index is 0.138. The number of thiophene rings is 1. The lowest BCUT2D eigenvalue weighted by atomic mass is 10.2. The lowest BCUT2D eigenvalue weighted by Crippen LogP contribution is -2.23. The third kappa shape index (κ3) is 5.62. The number of anilines is 1. The molecule has 0 bridgehead atoms. The monoisotopic (exact) mass is 488 g/mol. The van der Waals surface area contributed by atoms with E-state index in [2.05, 4.69) is 10.1 Å². The maximum atomic E-state index is 13.0. The number of halogens is 4. The van der Waals surface area contributed by atoms with Gasteiger partial charge in [-0.15, -0.1) is 24.5 Å². The van der Waals surface area contributed by atoms with Crippen molar-refractivity contribution in [1.82, 2.24) is 0 Å². The van der Waals surface area contributed by atoms with Gasteiger partial charge < -0.3 is 26.0 Å². The number of ether oxygens (including phenoxy) is 1. The molecule has 1 amide bonds. The number of nitrogens with two attached hydrogens (primary N) is 1. The summed E-state index contributed by atoms with van der Waals surface area (Å²) < 4.78 is 67.3. The first-order valence-corrected chi connectivity index (χ1v) is 10.7. The number of benzene rings is 1. The Balaban J connectivity index is 2.56. The molecule has 30 heavy (non-hydrogen) atoms. The summed E-state index contributed by atoms with van der Waals surface area (Å²) in [5.74, 6) is -2.58. The van der Waals surface area contributed by atoms with E-state index >= 15 is 0 Å². The molecule has 2 aromatic rings. The van der Waals surface area contributed by atoms with Crippen LogP contribution in [0.15, 0.2) is 33.4 Å². The van der Waals surface area contributed by atoms with Crippen LogP contribution in [0.2, 0.25) is 5.02 Å². The summed E-state index contributed by atoms with van der Waals surface area (Å²) in [6.07, 6.45) is -6.87. The highest BCUT2D eigenvalue weighted by atomic mass is 35.5. The topological polar surface area (TPSA) is 139 Å². The van der Waals surface area contributed by atoms with Crippen LogP contribution < -0.4 is 15.8 Å². The van der Waals surface area contributed by atoms with Gasteiger partial charge in [-0.2, -0.15) is 0 Å². The van der Waals surface area contributed by atoms with Crippen molar-refractivity contribution in [1.29, 1.82) is 0 Å². The quantitative estimate of drug-likeness (QED) is 0.439. The van der Waals surface area contributed by atoms with Crippen LogP contribution in [0.1, 0.15) is 18.7 Å². The van der Waals surface area contributed by atoms with Crippen molar-refractivity contribution in [3.8, 4) is 5.75 Å². The Morgan fingerprint density at radius 1 is 1.37 bits per heavy atom. The molecule has 1 aromatic carbocycles. The fraction of sp³-hybridized carbons (Fsp3) is 0.312. The van der Waals surface area contributed by atoms with Gasteiger partial charge in [-0.25, -0.2) is 8.42 Å². The average molecular weight is 489 g/mol. The normalized spacial score (nSPS) is 14.3. The zero-order valence-corrected chi connectivity index (χ0v) is 17.5. The molecule has 0 spiro atoms. The molecule has 8 nitrogen and oxygen atoms in total. The number of aliphatic hydroxyl groups is 2. The second kappa shape index (κ2) is 9.08. The summed E-state index contributed by atoms with van der Waals surface area (Å²) in [4.78, 5) is 11.2. The number of nitrogens with one attached hydrogen (secondary N) is 1. The maximum Gasteiger partial charge on any atom is 0.573 e. The number of hydrogen-bond donors (Lipinski definition) is 4. The van der Waals surface area contributed by atoms with E-state index in [1.54, 1.807) is 0 Å². The van der Waals surface area contributed by atoms with Crippen LogP contribution in [0.4, 0.5) is 18.2 Å². The first kappa shape index (κ1) is 24.4. The number of alkyl halides is 3. The molecular formula is C16H16ClF3N2O6S2. The molecule has 0 radical (unpaired) electrons. The van der Waals surface area contributed by atoms with Gasteiger partial charge in [-0.1, -0.05) is 18.5 Å². The molecule has 5 N–H and O–H groups in total. The SMILES string of the molecule is CC(CO)C(=O)Nc1sc(S(=O)(=O)c2ccc(Cl)cc2OC(F)(F)F)cc1C(N)O. The van der Waals surface area contributed by atoms with E-state index in [-0.39, 0.29) is 15.6 Å². The van der Waals surface area contributed by atoms with Crippen molar-refractivity contribution in [3.63, 3.8) is 0 Å². The number of rotatable bonds is 7. The molecule has 0 saturated carbocycles. The van der Waals surface area contributed by atoms with Gasteiger partial charge in [0.2, 0.25) is 15.7 Å². The number of hydrogen-bond acceptors (Lipinski definition) is 8. The molecule has 0 aliphatic heterocycles. The van der Waals surface area contributed by atoms with E-state index in [0.29, 0.717) is 17.4 Å². The van der Waals surface area contributed by atoms with Crippen LogP contribution in [0.3, 0.4) is 0 Å². The third-order valence-electron chi connectivity index (χ3n) is 3.70. The molecule has 14 heteroatoms. The van der Waals surface area contributed by atoms with E-state index in [4.69, 9.17) is 22.4 Å².